The Morgan fingerprint density at radius 3 is 1.93 bits per heavy atom. The normalized spacial score (nSPS) is 19.6. The predicted octanol–water partition coefficient (Wildman–Crippen LogP) is 3.79. The molecule has 8 heteroatoms. The van der Waals surface area contributed by atoms with Gasteiger partial charge in [0.1, 0.15) is 5.82 Å². The fourth-order valence-corrected chi connectivity index (χ4v) is 4.14. The maximum absolute atomic E-state index is 13.4. The lowest BCUT2D eigenvalue weighted by molar-refractivity contribution is 0.00578. The zero-order valence-corrected chi connectivity index (χ0v) is 17.5. The summed E-state index contributed by atoms with van der Waals surface area (Å²) in [7, 11) is -4.72. The number of aryl methyl sites for hydroxylation is 1. The molecule has 1 atom stereocenters. The lowest BCUT2D eigenvalue weighted by atomic mass is 9.75. The van der Waals surface area contributed by atoms with Gasteiger partial charge in [-0.25, -0.2) is 17.5 Å². The highest BCUT2D eigenvalue weighted by Gasteiger charge is 2.54. The van der Waals surface area contributed by atoms with Crippen molar-refractivity contribution in [2.45, 2.75) is 56.7 Å². The van der Waals surface area contributed by atoms with Crippen molar-refractivity contribution in [1.29, 1.82) is 0 Å². The standard InChI is InChI=1S/C20H25BFNO4S/c1-14-6-12-17(13-7-14)28(24,25)23-18(15-8-10-16(22)11-9-15)21-26-19(2,3)20(4,5)27-21/h6-13,18,23H,1-5H3. The van der Waals surface area contributed by atoms with Crippen LogP contribution in [-0.2, 0) is 19.3 Å². The summed E-state index contributed by atoms with van der Waals surface area (Å²) in [6.45, 7) is 9.45. The second-order valence-electron chi connectivity index (χ2n) is 8.09. The van der Waals surface area contributed by atoms with Gasteiger partial charge in [-0.1, -0.05) is 29.8 Å². The lowest BCUT2D eigenvalue weighted by Gasteiger charge is -2.32. The van der Waals surface area contributed by atoms with Crippen LogP contribution in [0.5, 0.6) is 0 Å². The first-order valence-electron chi connectivity index (χ1n) is 9.11. The van der Waals surface area contributed by atoms with Crippen LogP contribution in [0.3, 0.4) is 0 Å². The summed E-state index contributed by atoms with van der Waals surface area (Å²) in [4.78, 5) is 0.140. The molecule has 0 radical (unpaired) electrons. The smallest absolute Gasteiger partial charge is 0.402 e. The quantitative estimate of drug-likeness (QED) is 0.769. The van der Waals surface area contributed by atoms with E-state index >= 15 is 0 Å². The molecule has 0 aliphatic carbocycles. The van der Waals surface area contributed by atoms with Gasteiger partial charge in [0.05, 0.1) is 22.0 Å². The van der Waals surface area contributed by atoms with Crippen molar-refractivity contribution in [3.63, 3.8) is 0 Å². The highest BCUT2D eigenvalue weighted by Crippen LogP contribution is 2.40. The number of hydrogen-bond acceptors (Lipinski definition) is 4. The number of nitrogens with one attached hydrogen (secondary N) is 1. The minimum Gasteiger partial charge on any atom is -0.402 e. The van der Waals surface area contributed by atoms with E-state index in [2.05, 4.69) is 4.72 Å². The summed E-state index contributed by atoms with van der Waals surface area (Å²) in [6, 6.07) is 12.2. The average Bonchev–Trinajstić information content (AvgIpc) is 2.81. The van der Waals surface area contributed by atoms with Gasteiger partial charge in [0.2, 0.25) is 10.0 Å². The Hall–Kier alpha value is -1.74. The molecule has 150 valence electrons. The summed E-state index contributed by atoms with van der Waals surface area (Å²) >= 11 is 0. The molecule has 2 aromatic rings. The number of halogens is 1. The maximum Gasteiger partial charge on any atom is 0.481 e. The predicted molar refractivity (Wildman–Crippen MR) is 107 cm³/mol. The Balaban J connectivity index is 1.98. The van der Waals surface area contributed by atoms with Gasteiger partial charge in [0.15, 0.2) is 0 Å². The van der Waals surface area contributed by atoms with E-state index in [1.807, 2.05) is 34.6 Å². The van der Waals surface area contributed by atoms with Crippen LogP contribution in [-0.4, -0.2) is 26.7 Å². The summed E-state index contributed by atoms with van der Waals surface area (Å²) in [5.74, 6) is -1.24. The number of benzene rings is 2. The van der Waals surface area contributed by atoms with Gasteiger partial charge in [-0.15, -0.1) is 0 Å². The van der Waals surface area contributed by atoms with Gasteiger partial charge in [-0.2, -0.15) is 0 Å². The van der Waals surface area contributed by atoms with Crippen molar-refractivity contribution in [2.75, 3.05) is 0 Å². The summed E-state index contributed by atoms with van der Waals surface area (Å²) in [5, 5.41) is 0. The first kappa shape index (κ1) is 21.0. The van der Waals surface area contributed by atoms with Crippen LogP contribution < -0.4 is 4.72 Å². The van der Waals surface area contributed by atoms with E-state index in [0.717, 1.165) is 5.56 Å². The van der Waals surface area contributed by atoms with E-state index in [9.17, 15) is 12.8 Å². The van der Waals surface area contributed by atoms with Gasteiger partial charge >= 0.3 is 7.12 Å². The zero-order valence-electron chi connectivity index (χ0n) is 16.7. The van der Waals surface area contributed by atoms with Crippen molar-refractivity contribution in [3.05, 3.63) is 65.5 Å². The van der Waals surface area contributed by atoms with Crippen LogP contribution in [0.1, 0.15) is 44.8 Å². The van der Waals surface area contributed by atoms with Crippen LogP contribution in [0.15, 0.2) is 53.4 Å². The third-order valence-electron chi connectivity index (χ3n) is 5.39. The minimum atomic E-state index is -3.85. The molecule has 0 spiro atoms. The summed E-state index contributed by atoms with van der Waals surface area (Å²) < 4.78 is 54.2. The molecule has 1 aliphatic heterocycles. The van der Waals surface area contributed by atoms with Crippen molar-refractivity contribution in [3.8, 4) is 0 Å². The van der Waals surface area contributed by atoms with Gasteiger partial charge < -0.3 is 9.31 Å². The molecule has 5 nitrogen and oxygen atoms in total. The van der Waals surface area contributed by atoms with Gasteiger partial charge in [0, 0.05) is 0 Å². The molecule has 1 aliphatic rings. The van der Waals surface area contributed by atoms with Gasteiger partial charge in [-0.05, 0) is 64.4 Å². The molecule has 28 heavy (non-hydrogen) atoms. The highest BCUT2D eigenvalue weighted by atomic mass is 32.2. The molecule has 3 rings (SSSR count). The Labute approximate surface area is 166 Å². The van der Waals surface area contributed by atoms with E-state index < -0.39 is 40.1 Å². The average molecular weight is 405 g/mol. The van der Waals surface area contributed by atoms with Crippen LogP contribution in [0.2, 0.25) is 0 Å². The van der Waals surface area contributed by atoms with Crippen LogP contribution in [0.4, 0.5) is 4.39 Å². The molecule has 1 unspecified atom stereocenters. The number of hydrogen-bond donors (Lipinski definition) is 1. The van der Waals surface area contributed by atoms with E-state index in [1.54, 1.807) is 24.3 Å². The molecule has 0 bridgehead atoms. The van der Waals surface area contributed by atoms with Crippen molar-refractivity contribution < 1.29 is 22.1 Å². The number of sulfonamides is 1. The molecule has 1 N–H and O–H groups in total. The fraction of sp³-hybridized carbons (Fsp3) is 0.400. The number of rotatable bonds is 5. The third-order valence-corrected chi connectivity index (χ3v) is 6.84. The molecular formula is C20H25BFNO4S. The molecule has 0 aromatic heterocycles. The maximum atomic E-state index is 13.4. The van der Waals surface area contributed by atoms with E-state index in [-0.39, 0.29) is 4.90 Å². The van der Waals surface area contributed by atoms with E-state index in [1.165, 1.54) is 24.3 Å². The Morgan fingerprint density at radius 2 is 1.43 bits per heavy atom. The fourth-order valence-electron chi connectivity index (χ4n) is 2.93. The summed E-state index contributed by atoms with van der Waals surface area (Å²) in [6.07, 6.45) is 0. The van der Waals surface area contributed by atoms with Crippen molar-refractivity contribution in [2.24, 2.45) is 0 Å². The molecule has 0 amide bonds. The molecule has 1 fully saturated rings. The lowest BCUT2D eigenvalue weighted by Crippen LogP contribution is -2.41. The highest BCUT2D eigenvalue weighted by molar-refractivity contribution is 7.89. The van der Waals surface area contributed by atoms with E-state index in [4.69, 9.17) is 9.31 Å². The third kappa shape index (κ3) is 4.15. The monoisotopic (exact) mass is 405 g/mol. The molecular weight excluding hydrogens is 380 g/mol. The Morgan fingerprint density at radius 1 is 0.929 bits per heavy atom. The first-order valence-corrected chi connectivity index (χ1v) is 10.6. The van der Waals surface area contributed by atoms with Gasteiger partial charge in [0.25, 0.3) is 0 Å². The van der Waals surface area contributed by atoms with Crippen molar-refractivity contribution >= 4 is 17.1 Å². The van der Waals surface area contributed by atoms with Crippen LogP contribution in [0, 0.1) is 12.7 Å². The SMILES string of the molecule is Cc1ccc(S(=O)(=O)NC(B2OC(C)(C)C(C)(C)O2)c2ccc(F)cc2)cc1. The minimum absolute atomic E-state index is 0.140. The van der Waals surface area contributed by atoms with Gasteiger partial charge in [-0.3, -0.25) is 0 Å². The van der Waals surface area contributed by atoms with Crippen LogP contribution >= 0.6 is 0 Å². The van der Waals surface area contributed by atoms with Crippen molar-refractivity contribution in [1.82, 2.24) is 4.72 Å². The molecule has 1 heterocycles. The molecule has 2 aromatic carbocycles. The first-order chi connectivity index (χ1) is 12.9. The Kier molecular flexibility index (Phi) is 5.44. The molecule has 1 saturated heterocycles. The van der Waals surface area contributed by atoms with Crippen LogP contribution in [0.25, 0.3) is 0 Å². The zero-order chi connectivity index (χ0) is 20.7. The van der Waals surface area contributed by atoms with E-state index in [0.29, 0.717) is 5.56 Å². The second kappa shape index (κ2) is 7.26. The Bertz CT molecular complexity index is 927. The summed E-state index contributed by atoms with van der Waals surface area (Å²) in [5.41, 5.74) is 0.242. The largest absolute Gasteiger partial charge is 0.481 e. The second-order valence-corrected chi connectivity index (χ2v) is 9.80. The molecule has 0 saturated carbocycles. The topological polar surface area (TPSA) is 64.6 Å².